The molecule has 1 aromatic carbocycles. The van der Waals surface area contributed by atoms with Crippen LogP contribution >= 0.6 is 0 Å². The Kier molecular flexibility index (Phi) is 3.46. The van der Waals surface area contributed by atoms with Crippen molar-refractivity contribution >= 4 is 28.8 Å². The number of carbonyl (C=O) groups excluding carboxylic acids is 1. The van der Waals surface area contributed by atoms with Gasteiger partial charge in [0.05, 0.1) is 12.5 Å². The van der Waals surface area contributed by atoms with Crippen molar-refractivity contribution in [3.8, 4) is 0 Å². The van der Waals surface area contributed by atoms with Crippen LogP contribution in [0.5, 0.6) is 0 Å². The molecule has 1 aliphatic rings. The molecular formula is C17H16N5O4-. The van der Waals surface area contributed by atoms with Gasteiger partial charge in [0, 0.05) is 25.8 Å². The molecule has 0 amide bonds. The summed E-state index contributed by atoms with van der Waals surface area (Å²) in [6.07, 6.45) is 0. The lowest BCUT2D eigenvalue weighted by Crippen LogP contribution is -2.44. The van der Waals surface area contributed by atoms with Gasteiger partial charge in [-0.3, -0.25) is 13.9 Å². The highest BCUT2D eigenvalue weighted by molar-refractivity contribution is 5.78. The molecule has 0 N–H and O–H groups in total. The molecule has 2 aromatic heterocycles. The fourth-order valence-corrected chi connectivity index (χ4v) is 3.44. The standard InChI is InChI=1S/C17H17N5O4/c1-10-5-3-4-6-11(10)20-7-8-21-13-14(18-16(20)21)19(2)17(26)22(15(13)25)9-12(23)24/h3-6H,7-9H2,1-2H3,(H,23,24)/p-1. The topological polar surface area (TPSA) is 105 Å². The summed E-state index contributed by atoms with van der Waals surface area (Å²) in [5, 5.41) is 10.9. The Hall–Kier alpha value is -3.36. The third-order valence-electron chi connectivity index (χ3n) is 4.69. The van der Waals surface area contributed by atoms with Gasteiger partial charge in [0.15, 0.2) is 11.2 Å². The highest BCUT2D eigenvalue weighted by Gasteiger charge is 2.29. The molecule has 26 heavy (non-hydrogen) atoms. The number of carboxylic acids is 1. The first kappa shape index (κ1) is 16.1. The van der Waals surface area contributed by atoms with Gasteiger partial charge in [-0.05, 0) is 18.6 Å². The van der Waals surface area contributed by atoms with Gasteiger partial charge in [0.2, 0.25) is 5.95 Å². The van der Waals surface area contributed by atoms with E-state index in [0.29, 0.717) is 23.6 Å². The fraction of sp³-hybridized carbons (Fsp3) is 0.294. The van der Waals surface area contributed by atoms with Gasteiger partial charge in [-0.15, -0.1) is 0 Å². The van der Waals surface area contributed by atoms with E-state index in [0.717, 1.165) is 11.3 Å². The van der Waals surface area contributed by atoms with Crippen molar-refractivity contribution in [3.05, 3.63) is 50.7 Å². The highest BCUT2D eigenvalue weighted by atomic mass is 16.4. The van der Waals surface area contributed by atoms with Crippen LogP contribution in [0.25, 0.3) is 11.2 Å². The molecule has 4 rings (SSSR count). The van der Waals surface area contributed by atoms with E-state index in [1.54, 1.807) is 4.57 Å². The summed E-state index contributed by atoms with van der Waals surface area (Å²) < 4.78 is 3.60. The Balaban J connectivity index is 1.99. The van der Waals surface area contributed by atoms with E-state index in [9.17, 15) is 19.5 Å². The quantitative estimate of drug-likeness (QED) is 0.604. The minimum absolute atomic E-state index is 0.222. The van der Waals surface area contributed by atoms with E-state index in [2.05, 4.69) is 4.98 Å². The van der Waals surface area contributed by atoms with Crippen molar-refractivity contribution in [2.45, 2.75) is 20.0 Å². The zero-order valence-electron chi connectivity index (χ0n) is 14.3. The molecule has 9 nitrogen and oxygen atoms in total. The summed E-state index contributed by atoms with van der Waals surface area (Å²) in [5.41, 5.74) is 1.10. The number of carbonyl (C=O) groups is 1. The Bertz CT molecular complexity index is 1170. The lowest BCUT2D eigenvalue weighted by molar-refractivity contribution is -0.306. The average molecular weight is 354 g/mol. The zero-order chi connectivity index (χ0) is 18.6. The summed E-state index contributed by atoms with van der Waals surface area (Å²) in [4.78, 5) is 42.5. The van der Waals surface area contributed by atoms with Crippen molar-refractivity contribution in [1.82, 2.24) is 18.7 Å². The summed E-state index contributed by atoms with van der Waals surface area (Å²) in [5.74, 6) is -0.932. The molecule has 0 fully saturated rings. The lowest BCUT2D eigenvalue weighted by Gasteiger charge is -2.18. The molecule has 134 valence electrons. The maximum atomic E-state index is 12.7. The molecule has 0 saturated carbocycles. The number of para-hydroxylation sites is 1. The smallest absolute Gasteiger partial charge is 0.332 e. The first-order valence-corrected chi connectivity index (χ1v) is 8.13. The predicted molar refractivity (Wildman–Crippen MR) is 92.4 cm³/mol. The molecule has 0 spiro atoms. The van der Waals surface area contributed by atoms with Crippen LogP contribution in [-0.4, -0.2) is 31.2 Å². The van der Waals surface area contributed by atoms with Gasteiger partial charge in [0.1, 0.15) is 0 Å². The maximum Gasteiger partial charge on any atom is 0.332 e. The second-order valence-electron chi connectivity index (χ2n) is 6.28. The Labute approximate surface area is 147 Å². The van der Waals surface area contributed by atoms with Crippen molar-refractivity contribution < 1.29 is 9.90 Å². The third-order valence-corrected chi connectivity index (χ3v) is 4.69. The van der Waals surface area contributed by atoms with E-state index in [1.807, 2.05) is 36.1 Å². The van der Waals surface area contributed by atoms with Crippen LogP contribution in [0.4, 0.5) is 11.6 Å². The number of aromatic nitrogens is 4. The molecular weight excluding hydrogens is 338 g/mol. The van der Waals surface area contributed by atoms with Gasteiger partial charge in [-0.1, -0.05) is 18.2 Å². The van der Waals surface area contributed by atoms with Crippen LogP contribution in [0.15, 0.2) is 33.9 Å². The van der Waals surface area contributed by atoms with Gasteiger partial charge >= 0.3 is 5.69 Å². The summed E-state index contributed by atoms with van der Waals surface area (Å²) in [7, 11) is 1.47. The molecule has 3 heterocycles. The van der Waals surface area contributed by atoms with Crippen molar-refractivity contribution in [1.29, 1.82) is 0 Å². The molecule has 0 unspecified atom stereocenters. The summed E-state index contributed by atoms with van der Waals surface area (Å²) in [6, 6.07) is 7.83. The van der Waals surface area contributed by atoms with Crippen molar-refractivity contribution in [2.24, 2.45) is 7.05 Å². The molecule has 0 saturated heterocycles. The van der Waals surface area contributed by atoms with Crippen LogP contribution in [-0.2, 0) is 24.9 Å². The normalized spacial score (nSPS) is 13.4. The van der Waals surface area contributed by atoms with Crippen LogP contribution in [0, 0.1) is 6.92 Å². The summed E-state index contributed by atoms with van der Waals surface area (Å²) >= 11 is 0. The highest BCUT2D eigenvalue weighted by Crippen LogP contribution is 2.33. The molecule has 1 aliphatic heterocycles. The van der Waals surface area contributed by atoms with E-state index in [1.165, 1.54) is 11.6 Å². The number of hydrogen-bond donors (Lipinski definition) is 0. The van der Waals surface area contributed by atoms with Gasteiger partial charge in [0.25, 0.3) is 5.56 Å². The molecule has 3 aromatic rings. The molecule has 0 atom stereocenters. The number of aryl methyl sites for hydroxylation is 2. The van der Waals surface area contributed by atoms with E-state index in [-0.39, 0.29) is 11.2 Å². The van der Waals surface area contributed by atoms with E-state index >= 15 is 0 Å². The zero-order valence-corrected chi connectivity index (χ0v) is 14.3. The Morgan fingerprint density at radius 1 is 1.23 bits per heavy atom. The molecule has 0 bridgehead atoms. The van der Waals surface area contributed by atoms with Gasteiger partial charge in [-0.2, -0.15) is 4.98 Å². The van der Waals surface area contributed by atoms with E-state index < -0.39 is 23.8 Å². The van der Waals surface area contributed by atoms with Crippen LogP contribution in [0.1, 0.15) is 5.56 Å². The monoisotopic (exact) mass is 354 g/mol. The van der Waals surface area contributed by atoms with Crippen LogP contribution in [0.3, 0.4) is 0 Å². The number of benzene rings is 1. The first-order chi connectivity index (χ1) is 12.4. The Morgan fingerprint density at radius 3 is 2.65 bits per heavy atom. The number of imidazole rings is 1. The van der Waals surface area contributed by atoms with E-state index in [4.69, 9.17) is 0 Å². The number of anilines is 2. The predicted octanol–water partition coefficient (Wildman–Crippen LogP) is -0.893. The fourth-order valence-electron chi connectivity index (χ4n) is 3.44. The third kappa shape index (κ3) is 2.17. The minimum Gasteiger partial charge on any atom is -0.548 e. The van der Waals surface area contributed by atoms with Crippen molar-refractivity contribution in [2.75, 3.05) is 11.4 Å². The second-order valence-corrected chi connectivity index (χ2v) is 6.28. The minimum atomic E-state index is -1.49. The van der Waals surface area contributed by atoms with Crippen LogP contribution < -0.4 is 21.3 Å². The number of aliphatic carboxylic acids is 1. The number of fused-ring (bicyclic) bond motifs is 3. The Morgan fingerprint density at radius 2 is 1.96 bits per heavy atom. The van der Waals surface area contributed by atoms with Crippen LogP contribution in [0.2, 0.25) is 0 Å². The number of carboxylic acid groups (broad SMARTS) is 1. The first-order valence-electron chi connectivity index (χ1n) is 8.13. The maximum absolute atomic E-state index is 12.7. The second kappa shape index (κ2) is 5.58. The number of hydrogen-bond acceptors (Lipinski definition) is 6. The number of nitrogens with zero attached hydrogens (tertiary/aromatic N) is 5. The largest absolute Gasteiger partial charge is 0.548 e. The molecule has 9 heteroatoms. The summed E-state index contributed by atoms with van der Waals surface area (Å²) in [6.45, 7) is 2.34. The number of rotatable bonds is 3. The van der Waals surface area contributed by atoms with Gasteiger partial charge < -0.3 is 19.4 Å². The molecule has 0 radical (unpaired) electrons. The lowest BCUT2D eigenvalue weighted by atomic mass is 10.2. The van der Waals surface area contributed by atoms with Crippen molar-refractivity contribution in [3.63, 3.8) is 0 Å². The molecule has 0 aliphatic carbocycles. The SMILES string of the molecule is Cc1ccccc1N1CCn2c1nc1c2c(=O)n(CC(=O)[O-])c(=O)n1C. The van der Waals surface area contributed by atoms with Gasteiger partial charge in [-0.25, -0.2) is 4.79 Å². The average Bonchev–Trinajstić information content (AvgIpc) is 3.16.